The number of para-hydroxylation sites is 2. The van der Waals surface area contributed by atoms with Crippen LogP contribution in [-0.4, -0.2) is 42.4 Å². The Hall–Kier alpha value is -1.46. The summed E-state index contributed by atoms with van der Waals surface area (Å²) in [6.45, 7) is 6.77. The maximum atomic E-state index is 10.1. The monoisotopic (exact) mass is 385 g/mol. The standard InChI is InChI=1S/C19H24ClNO3.ClH/c1-3-21(4-2)13-16(22)14-23-18-7-5-6-8-19(18)24-17-11-9-15(20)10-12-17;/h5-12,16,22H,3-4,13-14H2,1-2H3;1H. The molecule has 1 unspecified atom stereocenters. The lowest BCUT2D eigenvalue weighted by Gasteiger charge is -2.22. The molecule has 0 saturated carbocycles. The maximum Gasteiger partial charge on any atom is 0.169 e. The molecule has 0 bridgehead atoms. The summed E-state index contributed by atoms with van der Waals surface area (Å²) in [6.07, 6.45) is -0.548. The molecule has 2 aromatic rings. The van der Waals surface area contributed by atoms with Crippen molar-refractivity contribution in [1.29, 1.82) is 0 Å². The number of halogens is 2. The number of ether oxygens (including phenoxy) is 2. The van der Waals surface area contributed by atoms with Crippen LogP contribution in [0, 0.1) is 0 Å². The van der Waals surface area contributed by atoms with E-state index >= 15 is 0 Å². The second-order valence-electron chi connectivity index (χ2n) is 5.45. The fourth-order valence-electron chi connectivity index (χ4n) is 2.30. The summed E-state index contributed by atoms with van der Waals surface area (Å²) in [4.78, 5) is 2.16. The van der Waals surface area contributed by atoms with Crippen LogP contribution in [0.25, 0.3) is 0 Å². The van der Waals surface area contributed by atoms with Crippen molar-refractivity contribution in [3.8, 4) is 17.2 Å². The summed E-state index contributed by atoms with van der Waals surface area (Å²) >= 11 is 5.88. The Labute approximate surface area is 160 Å². The summed E-state index contributed by atoms with van der Waals surface area (Å²) in [5.74, 6) is 1.89. The number of nitrogens with zero attached hydrogens (tertiary/aromatic N) is 1. The van der Waals surface area contributed by atoms with Crippen LogP contribution >= 0.6 is 24.0 Å². The minimum absolute atomic E-state index is 0. The van der Waals surface area contributed by atoms with Gasteiger partial charge in [0.25, 0.3) is 0 Å². The van der Waals surface area contributed by atoms with Gasteiger partial charge in [0.15, 0.2) is 11.5 Å². The second-order valence-corrected chi connectivity index (χ2v) is 5.89. The minimum Gasteiger partial charge on any atom is -0.487 e. The Morgan fingerprint density at radius 3 is 2.20 bits per heavy atom. The van der Waals surface area contributed by atoms with E-state index < -0.39 is 6.10 Å². The summed E-state index contributed by atoms with van der Waals surface area (Å²) in [6, 6.07) is 14.6. The highest BCUT2D eigenvalue weighted by molar-refractivity contribution is 6.30. The first-order valence-corrected chi connectivity index (χ1v) is 8.55. The van der Waals surface area contributed by atoms with Gasteiger partial charge in [0, 0.05) is 11.6 Å². The summed E-state index contributed by atoms with van der Waals surface area (Å²) < 4.78 is 11.6. The third kappa shape index (κ3) is 7.12. The molecular weight excluding hydrogens is 361 g/mol. The molecule has 25 heavy (non-hydrogen) atoms. The predicted molar refractivity (Wildman–Crippen MR) is 105 cm³/mol. The third-order valence-corrected chi connectivity index (χ3v) is 3.94. The lowest BCUT2D eigenvalue weighted by atomic mass is 10.3. The van der Waals surface area contributed by atoms with E-state index in [2.05, 4.69) is 18.7 Å². The van der Waals surface area contributed by atoms with Crippen molar-refractivity contribution in [3.05, 3.63) is 53.6 Å². The van der Waals surface area contributed by atoms with Crippen molar-refractivity contribution >= 4 is 24.0 Å². The fourth-order valence-corrected chi connectivity index (χ4v) is 2.43. The Kier molecular flexibility index (Phi) is 9.68. The number of rotatable bonds is 9. The summed E-state index contributed by atoms with van der Waals surface area (Å²) in [5, 5.41) is 10.8. The van der Waals surface area contributed by atoms with Crippen LogP contribution in [0.15, 0.2) is 48.5 Å². The van der Waals surface area contributed by atoms with Crippen LogP contribution in [0.5, 0.6) is 17.2 Å². The van der Waals surface area contributed by atoms with Crippen molar-refractivity contribution in [2.75, 3.05) is 26.2 Å². The van der Waals surface area contributed by atoms with E-state index in [1.54, 1.807) is 24.3 Å². The van der Waals surface area contributed by atoms with Crippen molar-refractivity contribution < 1.29 is 14.6 Å². The van der Waals surface area contributed by atoms with Crippen LogP contribution in [0.3, 0.4) is 0 Å². The highest BCUT2D eigenvalue weighted by Gasteiger charge is 2.12. The van der Waals surface area contributed by atoms with Crippen LogP contribution in [0.1, 0.15) is 13.8 Å². The molecule has 2 aromatic carbocycles. The maximum absolute atomic E-state index is 10.1. The van der Waals surface area contributed by atoms with Gasteiger partial charge < -0.3 is 19.5 Å². The molecule has 2 rings (SSSR count). The van der Waals surface area contributed by atoms with Crippen LogP contribution in [-0.2, 0) is 0 Å². The van der Waals surface area contributed by atoms with Gasteiger partial charge in [0.2, 0.25) is 0 Å². The van der Waals surface area contributed by atoms with Gasteiger partial charge in [-0.25, -0.2) is 0 Å². The zero-order chi connectivity index (χ0) is 17.4. The van der Waals surface area contributed by atoms with E-state index in [0.29, 0.717) is 28.8 Å². The lowest BCUT2D eigenvalue weighted by Crippen LogP contribution is -2.35. The summed E-state index contributed by atoms with van der Waals surface area (Å²) in [5.41, 5.74) is 0. The average molecular weight is 386 g/mol. The normalized spacial score (nSPS) is 11.7. The van der Waals surface area contributed by atoms with Crippen molar-refractivity contribution in [1.82, 2.24) is 4.90 Å². The van der Waals surface area contributed by atoms with Gasteiger partial charge in [0.1, 0.15) is 18.5 Å². The Morgan fingerprint density at radius 1 is 1.00 bits per heavy atom. The molecule has 0 aliphatic rings. The molecule has 0 amide bonds. The highest BCUT2D eigenvalue weighted by Crippen LogP contribution is 2.31. The number of likely N-dealkylation sites (N-methyl/N-ethyl adjacent to an activating group) is 1. The predicted octanol–water partition coefficient (Wildman–Crippen LogP) is 4.64. The van der Waals surface area contributed by atoms with Crippen molar-refractivity contribution in [3.63, 3.8) is 0 Å². The zero-order valence-corrected chi connectivity index (χ0v) is 16.1. The van der Waals surface area contributed by atoms with Gasteiger partial charge in [-0.3, -0.25) is 0 Å². The Balaban J connectivity index is 0.00000312. The van der Waals surface area contributed by atoms with Crippen LogP contribution in [0.4, 0.5) is 0 Å². The first kappa shape index (κ1) is 21.6. The number of aliphatic hydroxyl groups excluding tert-OH is 1. The molecule has 0 radical (unpaired) electrons. The van der Waals surface area contributed by atoms with E-state index in [1.807, 2.05) is 24.3 Å². The molecule has 0 aliphatic heterocycles. The fraction of sp³-hybridized carbons (Fsp3) is 0.368. The van der Waals surface area contributed by atoms with Gasteiger partial charge in [-0.05, 0) is 49.5 Å². The quantitative estimate of drug-likeness (QED) is 0.682. The molecule has 138 valence electrons. The number of aliphatic hydroxyl groups is 1. The second kappa shape index (κ2) is 11.2. The molecule has 4 nitrogen and oxygen atoms in total. The Morgan fingerprint density at radius 2 is 1.60 bits per heavy atom. The van der Waals surface area contributed by atoms with Gasteiger partial charge in [-0.15, -0.1) is 12.4 Å². The summed E-state index contributed by atoms with van der Waals surface area (Å²) in [7, 11) is 0. The van der Waals surface area contributed by atoms with Crippen LogP contribution in [0.2, 0.25) is 5.02 Å². The Bertz CT molecular complexity index is 618. The van der Waals surface area contributed by atoms with Crippen molar-refractivity contribution in [2.45, 2.75) is 20.0 Å². The number of hydrogen-bond acceptors (Lipinski definition) is 4. The molecule has 1 atom stereocenters. The van der Waals surface area contributed by atoms with E-state index in [-0.39, 0.29) is 19.0 Å². The van der Waals surface area contributed by atoms with E-state index in [1.165, 1.54) is 0 Å². The molecule has 6 heteroatoms. The van der Waals surface area contributed by atoms with Gasteiger partial charge in [0.05, 0.1) is 0 Å². The molecular formula is C19H25Cl2NO3. The van der Waals surface area contributed by atoms with Gasteiger partial charge in [-0.2, -0.15) is 0 Å². The molecule has 0 heterocycles. The van der Waals surface area contributed by atoms with E-state index in [9.17, 15) is 5.11 Å². The van der Waals surface area contributed by atoms with E-state index in [0.717, 1.165) is 13.1 Å². The lowest BCUT2D eigenvalue weighted by molar-refractivity contribution is 0.0708. The highest BCUT2D eigenvalue weighted by atomic mass is 35.5. The van der Waals surface area contributed by atoms with Crippen molar-refractivity contribution in [2.24, 2.45) is 0 Å². The minimum atomic E-state index is -0.548. The molecule has 0 aromatic heterocycles. The van der Waals surface area contributed by atoms with Crippen LogP contribution < -0.4 is 9.47 Å². The molecule has 0 aliphatic carbocycles. The number of benzene rings is 2. The third-order valence-electron chi connectivity index (χ3n) is 3.69. The molecule has 0 spiro atoms. The van der Waals surface area contributed by atoms with E-state index in [4.69, 9.17) is 21.1 Å². The molecule has 0 saturated heterocycles. The first-order valence-electron chi connectivity index (χ1n) is 8.18. The average Bonchev–Trinajstić information content (AvgIpc) is 2.61. The largest absolute Gasteiger partial charge is 0.487 e. The number of hydrogen-bond donors (Lipinski definition) is 1. The van der Waals surface area contributed by atoms with Gasteiger partial charge in [-0.1, -0.05) is 37.6 Å². The molecule has 0 fully saturated rings. The topological polar surface area (TPSA) is 41.9 Å². The SMILES string of the molecule is CCN(CC)CC(O)COc1ccccc1Oc1ccc(Cl)cc1.Cl. The van der Waals surface area contributed by atoms with Gasteiger partial charge >= 0.3 is 0 Å². The molecule has 1 N–H and O–H groups in total. The first-order chi connectivity index (χ1) is 11.6. The zero-order valence-electron chi connectivity index (χ0n) is 14.5. The smallest absolute Gasteiger partial charge is 0.169 e.